The summed E-state index contributed by atoms with van der Waals surface area (Å²) in [6.45, 7) is -0.190. The van der Waals surface area contributed by atoms with Crippen molar-refractivity contribution in [1.29, 1.82) is 0 Å². The van der Waals surface area contributed by atoms with Gasteiger partial charge in [-0.2, -0.15) is 13.2 Å². The van der Waals surface area contributed by atoms with Crippen molar-refractivity contribution in [3.05, 3.63) is 28.2 Å². The highest BCUT2D eigenvalue weighted by molar-refractivity contribution is 9.10. The highest BCUT2D eigenvalue weighted by atomic mass is 79.9. The van der Waals surface area contributed by atoms with Crippen molar-refractivity contribution in [3.8, 4) is 18.1 Å². The third kappa shape index (κ3) is 3.17. The van der Waals surface area contributed by atoms with E-state index in [1.807, 2.05) is 0 Å². The van der Waals surface area contributed by atoms with Gasteiger partial charge in [0.15, 0.2) is 0 Å². The van der Waals surface area contributed by atoms with E-state index < -0.39 is 11.7 Å². The van der Waals surface area contributed by atoms with E-state index in [9.17, 15) is 13.2 Å². The van der Waals surface area contributed by atoms with Crippen LogP contribution in [0.15, 0.2) is 22.7 Å². The first-order chi connectivity index (χ1) is 6.95. The molecule has 0 fully saturated rings. The van der Waals surface area contributed by atoms with Gasteiger partial charge in [-0.3, -0.25) is 0 Å². The lowest BCUT2D eigenvalue weighted by Crippen LogP contribution is -2.08. The minimum atomic E-state index is -4.45. The van der Waals surface area contributed by atoms with Crippen molar-refractivity contribution < 1.29 is 17.9 Å². The van der Waals surface area contributed by atoms with Crippen molar-refractivity contribution in [3.63, 3.8) is 0 Å². The number of halogens is 4. The van der Waals surface area contributed by atoms with E-state index in [4.69, 9.17) is 11.2 Å². The van der Waals surface area contributed by atoms with Gasteiger partial charge in [-0.25, -0.2) is 0 Å². The molecule has 1 nitrogen and oxygen atoms in total. The summed E-state index contributed by atoms with van der Waals surface area (Å²) in [7, 11) is 0. The lowest BCUT2D eigenvalue weighted by Gasteiger charge is -2.12. The lowest BCUT2D eigenvalue weighted by molar-refractivity contribution is -0.138. The highest BCUT2D eigenvalue weighted by Crippen LogP contribution is 2.37. The fourth-order valence-electron chi connectivity index (χ4n) is 0.969. The van der Waals surface area contributed by atoms with E-state index in [0.717, 1.165) is 6.07 Å². The van der Waals surface area contributed by atoms with Crippen molar-refractivity contribution in [2.24, 2.45) is 0 Å². The molecule has 0 aliphatic heterocycles. The van der Waals surface area contributed by atoms with E-state index >= 15 is 0 Å². The first-order valence-electron chi connectivity index (χ1n) is 3.88. The third-order valence-corrected chi connectivity index (χ3v) is 2.05. The second-order valence-electron chi connectivity index (χ2n) is 2.63. The number of hydrogen-bond acceptors (Lipinski definition) is 1. The number of ether oxygens (including phenoxy) is 1. The van der Waals surface area contributed by atoms with Gasteiger partial charge in [-0.1, -0.05) is 21.9 Å². The normalized spacial score (nSPS) is 10.9. The number of hydrogen-bond donors (Lipinski definition) is 0. The Morgan fingerprint density at radius 1 is 1.40 bits per heavy atom. The molecule has 0 N–H and O–H groups in total. The second kappa shape index (κ2) is 4.58. The third-order valence-electron chi connectivity index (χ3n) is 1.56. The molecule has 1 aromatic carbocycles. The highest BCUT2D eigenvalue weighted by Gasteiger charge is 2.34. The molecular formula is C10H6BrF3O. The molecule has 0 aromatic heterocycles. The number of terminal acetylenes is 1. The van der Waals surface area contributed by atoms with Crippen molar-refractivity contribution in [2.75, 3.05) is 6.61 Å². The maximum absolute atomic E-state index is 12.5. The Labute approximate surface area is 93.4 Å². The van der Waals surface area contributed by atoms with Crippen LogP contribution in [0.5, 0.6) is 5.75 Å². The molecule has 0 aliphatic rings. The molecule has 0 saturated heterocycles. The maximum atomic E-state index is 12.5. The Morgan fingerprint density at radius 3 is 2.60 bits per heavy atom. The van der Waals surface area contributed by atoms with Crippen LogP contribution in [-0.4, -0.2) is 6.61 Å². The summed E-state index contributed by atoms with van der Waals surface area (Å²) in [4.78, 5) is 0. The average Bonchev–Trinajstić information content (AvgIpc) is 2.14. The van der Waals surface area contributed by atoms with E-state index in [0.29, 0.717) is 4.47 Å². The second-order valence-corrected chi connectivity index (χ2v) is 3.55. The summed E-state index contributed by atoms with van der Waals surface area (Å²) in [5, 5.41) is 0. The zero-order valence-electron chi connectivity index (χ0n) is 7.44. The molecule has 0 saturated carbocycles. The van der Waals surface area contributed by atoms with Gasteiger partial charge in [0.1, 0.15) is 12.4 Å². The van der Waals surface area contributed by atoms with Crippen LogP contribution in [0.25, 0.3) is 0 Å². The topological polar surface area (TPSA) is 9.23 Å². The summed E-state index contributed by atoms with van der Waals surface area (Å²) < 4.78 is 42.6. The zero-order chi connectivity index (χ0) is 11.5. The van der Waals surface area contributed by atoms with Crippen LogP contribution in [-0.2, 0) is 6.18 Å². The molecular weight excluding hydrogens is 273 g/mol. The van der Waals surface area contributed by atoms with Crippen molar-refractivity contribution in [2.45, 2.75) is 6.18 Å². The van der Waals surface area contributed by atoms with E-state index in [2.05, 4.69) is 21.9 Å². The van der Waals surface area contributed by atoms with Gasteiger partial charge in [0.05, 0.1) is 5.56 Å². The number of benzene rings is 1. The SMILES string of the molecule is C#CCOc1ccc(Br)cc1C(F)(F)F. The monoisotopic (exact) mass is 278 g/mol. The first-order valence-corrected chi connectivity index (χ1v) is 4.67. The van der Waals surface area contributed by atoms with Crippen LogP contribution in [0.2, 0.25) is 0 Å². The quantitative estimate of drug-likeness (QED) is 0.753. The smallest absolute Gasteiger partial charge is 0.420 e. The Balaban J connectivity index is 3.10. The van der Waals surface area contributed by atoms with E-state index in [-0.39, 0.29) is 12.4 Å². The fourth-order valence-corrected chi connectivity index (χ4v) is 1.33. The van der Waals surface area contributed by atoms with E-state index in [1.54, 1.807) is 0 Å². The average molecular weight is 279 g/mol. The Bertz CT molecular complexity index is 393. The molecule has 0 amide bonds. The van der Waals surface area contributed by atoms with Gasteiger partial charge in [0, 0.05) is 4.47 Å². The lowest BCUT2D eigenvalue weighted by atomic mass is 10.2. The molecule has 15 heavy (non-hydrogen) atoms. The summed E-state index contributed by atoms with van der Waals surface area (Å²) in [5.74, 6) is 1.85. The van der Waals surface area contributed by atoms with Gasteiger partial charge in [-0.15, -0.1) is 6.42 Å². The van der Waals surface area contributed by atoms with Gasteiger partial charge >= 0.3 is 6.18 Å². The largest absolute Gasteiger partial charge is 0.480 e. The molecule has 0 aliphatic carbocycles. The van der Waals surface area contributed by atoms with Crippen LogP contribution >= 0.6 is 15.9 Å². The standard InChI is InChI=1S/C10H6BrF3O/c1-2-5-15-9-4-3-7(11)6-8(9)10(12,13)14/h1,3-4,6H,5H2. The minimum Gasteiger partial charge on any atom is -0.480 e. The summed E-state index contributed by atoms with van der Waals surface area (Å²) >= 11 is 2.96. The predicted octanol–water partition coefficient (Wildman–Crippen LogP) is 3.48. The molecule has 0 heterocycles. The summed E-state index contributed by atoms with van der Waals surface area (Å²) in [5.41, 5.74) is -0.841. The Hall–Kier alpha value is -1.15. The molecule has 1 rings (SSSR count). The van der Waals surface area contributed by atoms with Gasteiger partial charge in [-0.05, 0) is 18.2 Å². The maximum Gasteiger partial charge on any atom is 0.420 e. The van der Waals surface area contributed by atoms with Gasteiger partial charge < -0.3 is 4.74 Å². The summed E-state index contributed by atoms with van der Waals surface area (Å²) in [6, 6.07) is 3.64. The first kappa shape index (κ1) is 11.9. The van der Waals surface area contributed by atoms with E-state index in [1.165, 1.54) is 12.1 Å². The van der Waals surface area contributed by atoms with Gasteiger partial charge in [0.2, 0.25) is 0 Å². The molecule has 0 bridgehead atoms. The molecule has 1 aromatic rings. The van der Waals surface area contributed by atoms with Crippen LogP contribution in [0.3, 0.4) is 0 Å². The molecule has 5 heteroatoms. The molecule has 80 valence electrons. The minimum absolute atomic E-state index is 0.190. The number of rotatable bonds is 2. The van der Waals surface area contributed by atoms with Gasteiger partial charge in [0.25, 0.3) is 0 Å². The van der Waals surface area contributed by atoms with Crippen molar-refractivity contribution in [1.82, 2.24) is 0 Å². The predicted molar refractivity (Wildman–Crippen MR) is 53.5 cm³/mol. The van der Waals surface area contributed by atoms with Crippen LogP contribution in [0.4, 0.5) is 13.2 Å². The Morgan fingerprint density at radius 2 is 2.07 bits per heavy atom. The van der Waals surface area contributed by atoms with Crippen LogP contribution < -0.4 is 4.74 Å². The fraction of sp³-hybridized carbons (Fsp3) is 0.200. The van der Waals surface area contributed by atoms with Crippen LogP contribution in [0, 0.1) is 12.3 Å². The molecule has 0 spiro atoms. The Kier molecular flexibility index (Phi) is 3.64. The molecule has 0 radical (unpaired) electrons. The molecule has 0 unspecified atom stereocenters. The van der Waals surface area contributed by atoms with Crippen LogP contribution in [0.1, 0.15) is 5.56 Å². The van der Waals surface area contributed by atoms with Crippen molar-refractivity contribution >= 4 is 15.9 Å². The summed E-state index contributed by atoms with van der Waals surface area (Å²) in [6.07, 6.45) is 0.449. The number of alkyl halides is 3. The molecule has 0 atom stereocenters. The zero-order valence-corrected chi connectivity index (χ0v) is 9.02.